The highest BCUT2D eigenvalue weighted by molar-refractivity contribution is 5.87. The molecule has 0 radical (unpaired) electrons. The highest BCUT2D eigenvalue weighted by Crippen LogP contribution is 2.18. The van der Waals surface area contributed by atoms with Gasteiger partial charge in [-0.1, -0.05) is 25.1 Å². The average molecular weight is 319 g/mol. The van der Waals surface area contributed by atoms with Crippen LogP contribution in [0.25, 0.3) is 0 Å². The molecule has 1 aromatic rings. The number of aryl methyl sites for hydroxylation is 1. The Morgan fingerprint density at radius 3 is 2.91 bits per heavy atom. The SMILES string of the molecule is CCC(CNC(=O)N1CCNC(=O)C1C)Oc1ccccc1C. The Balaban J connectivity index is 1.89. The highest BCUT2D eigenvalue weighted by Gasteiger charge is 2.29. The molecule has 2 rings (SSSR count). The van der Waals surface area contributed by atoms with Crippen LogP contribution in [-0.2, 0) is 4.79 Å². The van der Waals surface area contributed by atoms with Crippen LogP contribution in [0.5, 0.6) is 5.75 Å². The molecule has 3 amide bonds. The van der Waals surface area contributed by atoms with Crippen molar-refractivity contribution in [3.05, 3.63) is 29.8 Å². The summed E-state index contributed by atoms with van der Waals surface area (Å²) in [4.78, 5) is 25.5. The van der Waals surface area contributed by atoms with Crippen LogP contribution >= 0.6 is 0 Å². The number of rotatable bonds is 5. The van der Waals surface area contributed by atoms with Gasteiger partial charge in [-0.2, -0.15) is 0 Å². The van der Waals surface area contributed by atoms with Crippen molar-refractivity contribution < 1.29 is 14.3 Å². The van der Waals surface area contributed by atoms with Gasteiger partial charge in [-0.3, -0.25) is 4.79 Å². The third kappa shape index (κ3) is 4.37. The topological polar surface area (TPSA) is 70.7 Å². The van der Waals surface area contributed by atoms with Gasteiger partial charge >= 0.3 is 6.03 Å². The fraction of sp³-hybridized carbons (Fsp3) is 0.529. The fourth-order valence-corrected chi connectivity index (χ4v) is 2.50. The zero-order valence-electron chi connectivity index (χ0n) is 14.0. The Labute approximate surface area is 137 Å². The van der Waals surface area contributed by atoms with Crippen LogP contribution in [0.1, 0.15) is 25.8 Å². The van der Waals surface area contributed by atoms with Crippen LogP contribution in [0.15, 0.2) is 24.3 Å². The molecular formula is C17H25N3O3. The van der Waals surface area contributed by atoms with Crippen molar-refractivity contribution in [2.45, 2.75) is 39.3 Å². The smallest absolute Gasteiger partial charge is 0.318 e. The molecule has 0 aromatic heterocycles. The number of carbonyl (C=O) groups is 2. The van der Waals surface area contributed by atoms with Gasteiger partial charge in [0.05, 0.1) is 6.54 Å². The normalized spacial score (nSPS) is 19.0. The van der Waals surface area contributed by atoms with Crippen LogP contribution in [0.4, 0.5) is 4.79 Å². The largest absolute Gasteiger partial charge is 0.488 e. The first kappa shape index (κ1) is 17.1. The first-order chi connectivity index (χ1) is 11.0. The molecule has 1 fully saturated rings. The van der Waals surface area contributed by atoms with E-state index in [2.05, 4.69) is 10.6 Å². The monoisotopic (exact) mass is 319 g/mol. The third-order valence-electron chi connectivity index (χ3n) is 4.08. The van der Waals surface area contributed by atoms with Gasteiger partial charge < -0.3 is 20.3 Å². The quantitative estimate of drug-likeness (QED) is 0.867. The van der Waals surface area contributed by atoms with E-state index in [1.165, 1.54) is 0 Å². The Kier molecular flexibility index (Phi) is 5.84. The fourth-order valence-electron chi connectivity index (χ4n) is 2.50. The van der Waals surface area contributed by atoms with Gasteiger partial charge in [0.25, 0.3) is 0 Å². The lowest BCUT2D eigenvalue weighted by Gasteiger charge is -2.33. The minimum Gasteiger partial charge on any atom is -0.488 e. The maximum atomic E-state index is 12.3. The molecule has 1 saturated heterocycles. The molecule has 2 N–H and O–H groups in total. The van der Waals surface area contributed by atoms with E-state index < -0.39 is 6.04 Å². The lowest BCUT2D eigenvalue weighted by Crippen LogP contribution is -2.58. The molecule has 126 valence electrons. The summed E-state index contributed by atoms with van der Waals surface area (Å²) in [5.74, 6) is 0.717. The van der Waals surface area contributed by atoms with Crippen LogP contribution in [-0.4, -0.2) is 48.6 Å². The number of amides is 3. The van der Waals surface area contributed by atoms with Crippen molar-refractivity contribution in [1.29, 1.82) is 0 Å². The van der Waals surface area contributed by atoms with E-state index in [9.17, 15) is 9.59 Å². The minimum atomic E-state index is -0.443. The van der Waals surface area contributed by atoms with E-state index >= 15 is 0 Å². The van der Waals surface area contributed by atoms with Gasteiger partial charge in [-0.15, -0.1) is 0 Å². The molecule has 0 saturated carbocycles. The zero-order valence-corrected chi connectivity index (χ0v) is 14.0. The number of carbonyl (C=O) groups excluding carboxylic acids is 2. The second kappa shape index (κ2) is 7.85. The third-order valence-corrected chi connectivity index (χ3v) is 4.08. The maximum absolute atomic E-state index is 12.3. The summed E-state index contributed by atoms with van der Waals surface area (Å²) in [6, 6.07) is 7.15. The molecule has 0 aliphatic carbocycles. The van der Waals surface area contributed by atoms with Crippen molar-refractivity contribution >= 4 is 11.9 Å². The first-order valence-electron chi connectivity index (χ1n) is 8.07. The number of benzene rings is 1. The lowest BCUT2D eigenvalue weighted by molar-refractivity contribution is -0.126. The number of para-hydroxylation sites is 1. The molecule has 0 bridgehead atoms. The second-order valence-corrected chi connectivity index (χ2v) is 5.76. The summed E-state index contributed by atoms with van der Waals surface area (Å²) in [5, 5.41) is 5.62. The standard InChI is InChI=1S/C17H25N3O3/c1-4-14(23-15-8-6-5-7-12(15)2)11-19-17(22)20-10-9-18-16(21)13(20)3/h5-8,13-14H,4,9-11H2,1-3H3,(H,18,21)(H,19,22). The number of hydrogen-bond acceptors (Lipinski definition) is 3. The number of hydrogen-bond donors (Lipinski definition) is 2. The predicted octanol–water partition coefficient (Wildman–Crippen LogP) is 1.68. The first-order valence-corrected chi connectivity index (χ1v) is 8.07. The zero-order chi connectivity index (χ0) is 16.8. The highest BCUT2D eigenvalue weighted by atomic mass is 16.5. The molecule has 1 aliphatic rings. The molecule has 6 nitrogen and oxygen atoms in total. The summed E-state index contributed by atoms with van der Waals surface area (Å²) >= 11 is 0. The van der Waals surface area contributed by atoms with Crippen LogP contribution in [0.2, 0.25) is 0 Å². The molecule has 0 spiro atoms. The van der Waals surface area contributed by atoms with Gasteiger partial charge in [0.15, 0.2) is 0 Å². The summed E-state index contributed by atoms with van der Waals surface area (Å²) < 4.78 is 5.97. The van der Waals surface area contributed by atoms with Crippen molar-refractivity contribution in [2.75, 3.05) is 19.6 Å². The van der Waals surface area contributed by atoms with Crippen LogP contribution in [0.3, 0.4) is 0 Å². The van der Waals surface area contributed by atoms with Crippen molar-refractivity contribution in [3.8, 4) is 5.75 Å². The molecule has 6 heteroatoms. The molecule has 2 atom stereocenters. The molecule has 23 heavy (non-hydrogen) atoms. The Morgan fingerprint density at radius 1 is 1.48 bits per heavy atom. The summed E-state index contributed by atoms with van der Waals surface area (Å²) in [6.07, 6.45) is 0.680. The van der Waals surface area contributed by atoms with E-state index in [1.807, 2.05) is 38.1 Å². The molecule has 1 heterocycles. The van der Waals surface area contributed by atoms with Gasteiger partial charge in [-0.05, 0) is 31.9 Å². The molecule has 1 aliphatic heterocycles. The molecule has 1 aromatic carbocycles. The number of urea groups is 1. The average Bonchev–Trinajstić information content (AvgIpc) is 2.55. The Bertz CT molecular complexity index is 562. The van der Waals surface area contributed by atoms with Crippen molar-refractivity contribution in [2.24, 2.45) is 0 Å². The summed E-state index contributed by atoms with van der Waals surface area (Å²) in [6.45, 7) is 7.17. The van der Waals surface area contributed by atoms with Gasteiger partial charge in [0.1, 0.15) is 17.9 Å². The van der Waals surface area contributed by atoms with Gasteiger partial charge in [-0.25, -0.2) is 4.79 Å². The van der Waals surface area contributed by atoms with Gasteiger partial charge in [0, 0.05) is 13.1 Å². The van der Waals surface area contributed by atoms with Gasteiger partial charge in [0.2, 0.25) is 5.91 Å². The molecule has 2 unspecified atom stereocenters. The molecular weight excluding hydrogens is 294 g/mol. The summed E-state index contributed by atoms with van der Waals surface area (Å²) in [5.41, 5.74) is 1.07. The van der Waals surface area contributed by atoms with Crippen LogP contribution in [0, 0.1) is 6.92 Å². The van der Waals surface area contributed by atoms with E-state index in [0.717, 1.165) is 17.7 Å². The van der Waals surface area contributed by atoms with Crippen molar-refractivity contribution in [3.63, 3.8) is 0 Å². The Hall–Kier alpha value is -2.24. The van der Waals surface area contributed by atoms with Crippen LogP contribution < -0.4 is 15.4 Å². The second-order valence-electron chi connectivity index (χ2n) is 5.76. The lowest BCUT2D eigenvalue weighted by atomic mass is 10.2. The van der Waals surface area contributed by atoms with Crippen molar-refractivity contribution in [1.82, 2.24) is 15.5 Å². The maximum Gasteiger partial charge on any atom is 0.318 e. The van der Waals surface area contributed by atoms with E-state index in [4.69, 9.17) is 4.74 Å². The number of ether oxygens (including phenoxy) is 1. The predicted molar refractivity (Wildman–Crippen MR) is 88.5 cm³/mol. The van der Waals surface area contributed by atoms with E-state index in [1.54, 1.807) is 11.8 Å². The minimum absolute atomic E-state index is 0.103. The number of nitrogens with zero attached hydrogens (tertiary/aromatic N) is 1. The number of nitrogens with one attached hydrogen (secondary N) is 2. The summed E-state index contributed by atoms with van der Waals surface area (Å²) in [7, 11) is 0. The van der Waals surface area contributed by atoms with E-state index in [-0.39, 0.29) is 18.0 Å². The van der Waals surface area contributed by atoms with E-state index in [0.29, 0.717) is 19.6 Å². The number of piperazine rings is 1. The Morgan fingerprint density at radius 2 is 2.22 bits per heavy atom.